The molecule has 0 atom stereocenters. The van der Waals surface area contributed by atoms with Crippen LogP contribution in [0.2, 0.25) is 0 Å². The highest BCUT2D eigenvalue weighted by molar-refractivity contribution is 5.85. The molecule has 0 amide bonds. The summed E-state index contributed by atoms with van der Waals surface area (Å²) in [5.41, 5.74) is 4.17. The van der Waals surface area contributed by atoms with Crippen molar-refractivity contribution in [2.45, 2.75) is 20.4 Å². The summed E-state index contributed by atoms with van der Waals surface area (Å²) in [5, 5.41) is 0. The maximum atomic E-state index is 5.25. The van der Waals surface area contributed by atoms with Gasteiger partial charge in [-0.2, -0.15) is 5.48 Å². The van der Waals surface area contributed by atoms with E-state index in [9.17, 15) is 0 Å². The monoisotopic (exact) mass is 215 g/mol. The van der Waals surface area contributed by atoms with E-state index in [0.717, 1.165) is 13.2 Å². The second-order valence-corrected chi connectivity index (χ2v) is 3.51. The Morgan fingerprint density at radius 2 is 1.86 bits per heavy atom. The van der Waals surface area contributed by atoms with Crippen molar-refractivity contribution in [1.82, 2.24) is 5.48 Å². The van der Waals surface area contributed by atoms with E-state index in [1.54, 1.807) is 0 Å². The van der Waals surface area contributed by atoms with E-state index >= 15 is 0 Å². The summed E-state index contributed by atoms with van der Waals surface area (Å²) in [7, 11) is 0. The van der Waals surface area contributed by atoms with Crippen LogP contribution in [-0.4, -0.2) is 6.61 Å². The molecule has 1 aromatic rings. The Morgan fingerprint density at radius 3 is 2.43 bits per heavy atom. The van der Waals surface area contributed by atoms with Gasteiger partial charge in [-0.3, -0.25) is 0 Å². The molecule has 1 N–H and O–H groups in total. The third kappa shape index (κ3) is 5.97. The van der Waals surface area contributed by atoms with Gasteiger partial charge in [0.1, 0.15) is 0 Å². The molecule has 0 aliphatic rings. The molecule has 0 saturated heterocycles. The minimum Gasteiger partial charge on any atom is -0.301 e. The van der Waals surface area contributed by atoms with Crippen LogP contribution in [0.3, 0.4) is 0 Å². The van der Waals surface area contributed by atoms with Gasteiger partial charge in [-0.25, -0.2) is 0 Å². The lowest BCUT2D eigenvalue weighted by Crippen LogP contribution is -2.17. The van der Waals surface area contributed by atoms with E-state index < -0.39 is 0 Å². The Kier molecular flexibility index (Phi) is 7.48. The van der Waals surface area contributed by atoms with Crippen LogP contribution in [0.1, 0.15) is 19.4 Å². The Bertz CT molecular complexity index is 226. The molecule has 1 aromatic carbocycles. The van der Waals surface area contributed by atoms with Crippen molar-refractivity contribution < 1.29 is 4.84 Å². The van der Waals surface area contributed by atoms with E-state index in [1.165, 1.54) is 5.56 Å². The Labute approximate surface area is 92.0 Å². The third-order valence-electron chi connectivity index (χ3n) is 1.64. The fourth-order valence-electron chi connectivity index (χ4n) is 0.956. The summed E-state index contributed by atoms with van der Waals surface area (Å²) in [5.74, 6) is 0.572. The topological polar surface area (TPSA) is 21.3 Å². The zero-order valence-electron chi connectivity index (χ0n) is 8.69. The van der Waals surface area contributed by atoms with Gasteiger partial charge < -0.3 is 4.84 Å². The fraction of sp³-hybridized carbons (Fsp3) is 0.455. The number of benzene rings is 1. The Hall–Kier alpha value is -0.570. The smallest absolute Gasteiger partial charge is 0.0705 e. The SMILES string of the molecule is CC(C)CONCc1ccccc1.Cl. The van der Waals surface area contributed by atoms with Crippen LogP contribution >= 0.6 is 12.4 Å². The van der Waals surface area contributed by atoms with Gasteiger partial charge >= 0.3 is 0 Å². The zero-order valence-corrected chi connectivity index (χ0v) is 9.51. The lowest BCUT2D eigenvalue weighted by Gasteiger charge is -2.07. The van der Waals surface area contributed by atoms with E-state index in [-0.39, 0.29) is 12.4 Å². The van der Waals surface area contributed by atoms with Crippen molar-refractivity contribution in [2.24, 2.45) is 5.92 Å². The number of rotatable bonds is 5. The lowest BCUT2D eigenvalue weighted by atomic mass is 10.2. The molecule has 0 aromatic heterocycles. The minimum atomic E-state index is 0. The second kappa shape index (κ2) is 7.80. The molecule has 80 valence electrons. The van der Waals surface area contributed by atoms with Gasteiger partial charge in [0, 0.05) is 6.54 Å². The van der Waals surface area contributed by atoms with Crippen molar-refractivity contribution in [1.29, 1.82) is 0 Å². The molecule has 0 heterocycles. The highest BCUT2D eigenvalue weighted by Crippen LogP contribution is 1.97. The molecule has 1 rings (SSSR count). The first-order valence-electron chi connectivity index (χ1n) is 4.67. The maximum absolute atomic E-state index is 5.25. The average Bonchev–Trinajstić information content (AvgIpc) is 2.14. The van der Waals surface area contributed by atoms with Crippen molar-refractivity contribution in [3.63, 3.8) is 0 Å². The van der Waals surface area contributed by atoms with Gasteiger partial charge in [0.25, 0.3) is 0 Å². The van der Waals surface area contributed by atoms with Gasteiger partial charge in [0.05, 0.1) is 6.61 Å². The third-order valence-corrected chi connectivity index (χ3v) is 1.64. The fourth-order valence-corrected chi connectivity index (χ4v) is 0.956. The normalized spacial score (nSPS) is 9.93. The minimum absolute atomic E-state index is 0. The summed E-state index contributed by atoms with van der Waals surface area (Å²) in [6.07, 6.45) is 0. The first-order valence-corrected chi connectivity index (χ1v) is 4.67. The molecule has 2 nitrogen and oxygen atoms in total. The van der Waals surface area contributed by atoms with Crippen LogP contribution in [0.15, 0.2) is 30.3 Å². The molecule has 3 heteroatoms. The van der Waals surface area contributed by atoms with Crippen LogP contribution in [0.4, 0.5) is 0 Å². The van der Waals surface area contributed by atoms with Crippen molar-refractivity contribution >= 4 is 12.4 Å². The van der Waals surface area contributed by atoms with E-state index in [0.29, 0.717) is 5.92 Å². The maximum Gasteiger partial charge on any atom is 0.0705 e. The summed E-state index contributed by atoms with van der Waals surface area (Å²) >= 11 is 0. The lowest BCUT2D eigenvalue weighted by molar-refractivity contribution is 0.0196. The summed E-state index contributed by atoms with van der Waals surface area (Å²) in [6.45, 7) is 5.79. The quantitative estimate of drug-likeness (QED) is 0.603. The molecule has 0 saturated carbocycles. The van der Waals surface area contributed by atoms with Gasteiger partial charge in [0.15, 0.2) is 0 Å². The molecular weight excluding hydrogens is 198 g/mol. The molecule has 0 aliphatic heterocycles. The van der Waals surface area contributed by atoms with Gasteiger partial charge in [0.2, 0.25) is 0 Å². The number of hydrogen-bond donors (Lipinski definition) is 1. The molecule has 0 radical (unpaired) electrons. The van der Waals surface area contributed by atoms with Crippen molar-refractivity contribution in [3.05, 3.63) is 35.9 Å². The van der Waals surface area contributed by atoms with Crippen LogP contribution in [0, 0.1) is 5.92 Å². The van der Waals surface area contributed by atoms with E-state index in [4.69, 9.17) is 4.84 Å². The average molecular weight is 216 g/mol. The predicted octanol–water partition coefficient (Wildman–Crippen LogP) is 2.79. The van der Waals surface area contributed by atoms with E-state index in [2.05, 4.69) is 31.5 Å². The van der Waals surface area contributed by atoms with Crippen LogP contribution < -0.4 is 5.48 Å². The predicted molar refractivity (Wildman–Crippen MR) is 61.3 cm³/mol. The largest absolute Gasteiger partial charge is 0.301 e. The van der Waals surface area contributed by atoms with Gasteiger partial charge in [-0.1, -0.05) is 44.2 Å². The molecule has 0 spiro atoms. The highest BCUT2D eigenvalue weighted by Gasteiger charge is 1.93. The molecule has 14 heavy (non-hydrogen) atoms. The van der Waals surface area contributed by atoms with Crippen LogP contribution in [0.25, 0.3) is 0 Å². The Balaban J connectivity index is 0.00000169. The van der Waals surface area contributed by atoms with Crippen molar-refractivity contribution in [3.8, 4) is 0 Å². The number of nitrogens with one attached hydrogen (secondary N) is 1. The zero-order chi connectivity index (χ0) is 9.52. The summed E-state index contributed by atoms with van der Waals surface area (Å²) < 4.78 is 0. The standard InChI is InChI=1S/C11H17NO.ClH/c1-10(2)9-13-12-8-11-6-4-3-5-7-11;/h3-7,10,12H,8-9H2,1-2H3;1H. The van der Waals surface area contributed by atoms with Gasteiger partial charge in [-0.05, 0) is 11.5 Å². The van der Waals surface area contributed by atoms with Crippen LogP contribution in [0.5, 0.6) is 0 Å². The molecule has 0 bridgehead atoms. The molecule has 0 fully saturated rings. The number of hydrogen-bond acceptors (Lipinski definition) is 2. The van der Waals surface area contributed by atoms with Crippen molar-refractivity contribution in [2.75, 3.05) is 6.61 Å². The van der Waals surface area contributed by atoms with E-state index in [1.807, 2.05) is 18.2 Å². The summed E-state index contributed by atoms with van der Waals surface area (Å²) in [4.78, 5) is 5.25. The molecule has 0 aliphatic carbocycles. The van der Waals surface area contributed by atoms with Gasteiger partial charge in [-0.15, -0.1) is 12.4 Å². The number of hydroxylamine groups is 1. The summed E-state index contributed by atoms with van der Waals surface area (Å²) in [6, 6.07) is 10.2. The first-order chi connectivity index (χ1) is 6.29. The number of halogens is 1. The van der Waals surface area contributed by atoms with Crippen LogP contribution in [-0.2, 0) is 11.4 Å². The first kappa shape index (κ1) is 13.4. The molecule has 0 unspecified atom stereocenters. The highest BCUT2D eigenvalue weighted by atomic mass is 35.5. The second-order valence-electron chi connectivity index (χ2n) is 3.51. The molecular formula is C11H18ClNO. The Morgan fingerprint density at radius 1 is 1.21 bits per heavy atom.